The van der Waals surface area contributed by atoms with Crippen LogP contribution in [0, 0.1) is 11.2 Å². The molecule has 0 saturated heterocycles. The van der Waals surface area contributed by atoms with Gasteiger partial charge >= 0.3 is 0 Å². The lowest BCUT2D eigenvalue weighted by Gasteiger charge is -2.22. The van der Waals surface area contributed by atoms with E-state index in [2.05, 4.69) is 15.9 Å². The highest BCUT2D eigenvalue weighted by atomic mass is 79.9. The SMILES string of the molecule is CC1(C(=O)c2cc(Cl)c(Br)cc2F)CCCC1. The molecule has 1 aliphatic carbocycles. The van der Waals surface area contributed by atoms with Gasteiger partial charge in [-0.05, 0) is 40.9 Å². The van der Waals surface area contributed by atoms with Crippen LogP contribution in [0.5, 0.6) is 0 Å². The van der Waals surface area contributed by atoms with Gasteiger partial charge in [-0.25, -0.2) is 4.39 Å². The van der Waals surface area contributed by atoms with Crippen molar-refractivity contribution >= 4 is 33.3 Å². The summed E-state index contributed by atoms with van der Waals surface area (Å²) in [5, 5.41) is 0.372. The van der Waals surface area contributed by atoms with Crippen molar-refractivity contribution in [3.63, 3.8) is 0 Å². The van der Waals surface area contributed by atoms with Crippen LogP contribution in [0.4, 0.5) is 4.39 Å². The molecule has 1 aromatic carbocycles. The van der Waals surface area contributed by atoms with Gasteiger partial charge < -0.3 is 0 Å². The first-order chi connectivity index (χ1) is 7.94. The van der Waals surface area contributed by atoms with Gasteiger partial charge in [0.25, 0.3) is 0 Å². The van der Waals surface area contributed by atoms with Crippen LogP contribution in [0.1, 0.15) is 43.0 Å². The zero-order valence-electron chi connectivity index (χ0n) is 9.53. The topological polar surface area (TPSA) is 17.1 Å². The van der Waals surface area contributed by atoms with E-state index in [1.807, 2.05) is 6.92 Å². The second-order valence-corrected chi connectivity index (χ2v) is 6.10. The van der Waals surface area contributed by atoms with Crippen LogP contribution in [0.2, 0.25) is 5.02 Å². The summed E-state index contributed by atoms with van der Waals surface area (Å²) < 4.78 is 14.3. The second kappa shape index (κ2) is 4.69. The van der Waals surface area contributed by atoms with Gasteiger partial charge in [-0.1, -0.05) is 31.4 Å². The molecule has 1 aliphatic rings. The van der Waals surface area contributed by atoms with Crippen LogP contribution in [0.3, 0.4) is 0 Å². The quantitative estimate of drug-likeness (QED) is 0.553. The van der Waals surface area contributed by atoms with Crippen molar-refractivity contribution in [3.05, 3.63) is 33.0 Å². The van der Waals surface area contributed by atoms with Gasteiger partial charge in [0.2, 0.25) is 0 Å². The Bertz CT molecular complexity index is 467. The van der Waals surface area contributed by atoms with Crippen molar-refractivity contribution in [2.24, 2.45) is 5.41 Å². The molecule has 0 amide bonds. The number of ketones is 1. The lowest BCUT2D eigenvalue weighted by atomic mass is 9.81. The van der Waals surface area contributed by atoms with E-state index in [4.69, 9.17) is 11.6 Å². The van der Waals surface area contributed by atoms with Gasteiger partial charge in [0, 0.05) is 9.89 Å². The lowest BCUT2D eigenvalue weighted by Crippen LogP contribution is -2.25. The fourth-order valence-electron chi connectivity index (χ4n) is 2.40. The van der Waals surface area contributed by atoms with Gasteiger partial charge in [-0.15, -0.1) is 0 Å². The van der Waals surface area contributed by atoms with Crippen LogP contribution < -0.4 is 0 Å². The van der Waals surface area contributed by atoms with Gasteiger partial charge in [0.1, 0.15) is 5.82 Å². The minimum atomic E-state index is -0.501. The molecule has 1 nitrogen and oxygen atoms in total. The third-order valence-electron chi connectivity index (χ3n) is 3.51. The molecule has 0 atom stereocenters. The van der Waals surface area contributed by atoms with E-state index >= 15 is 0 Å². The molecule has 0 spiro atoms. The Kier molecular flexibility index (Phi) is 3.60. The summed E-state index contributed by atoms with van der Waals surface area (Å²) in [6.45, 7) is 1.91. The third kappa shape index (κ3) is 2.41. The Labute approximate surface area is 113 Å². The Morgan fingerprint density at radius 1 is 1.41 bits per heavy atom. The molecule has 4 heteroatoms. The molecule has 17 heavy (non-hydrogen) atoms. The van der Waals surface area contributed by atoms with Crippen LogP contribution in [-0.4, -0.2) is 5.78 Å². The van der Waals surface area contributed by atoms with Crippen LogP contribution in [0.25, 0.3) is 0 Å². The molecule has 0 bridgehead atoms. The maximum Gasteiger partial charge on any atom is 0.171 e. The molecule has 0 aromatic heterocycles. The lowest BCUT2D eigenvalue weighted by molar-refractivity contribution is 0.0819. The average molecular weight is 320 g/mol. The third-order valence-corrected chi connectivity index (χ3v) is 4.71. The standard InChI is InChI=1S/C13H13BrClFO/c1-13(4-2-3-5-13)12(17)8-6-10(15)9(14)7-11(8)16/h6-7H,2-5H2,1H3. The summed E-state index contributed by atoms with van der Waals surface area (Å²) in [5.41, 5.74) is -0.305. The summed E-state index contributed by atoms with van der Waals surface area (Å²) in [7, 11) is 0. The number of benzene rings is 1. The predicted molar refractivity (Wildman–Crippen MR) is 70.0 cm³/mol. The number of hydrogen-bond donors (Lipinski definition) is 0. The van der Waals surface area contributed by atoms with Gasteiger partial charge in [-0.2, -0.15) is 0 Å². The summed E-state index contributed by atoms with van der Waals surface area (Å²) in [4.78, 5) is 12.3. The molecule has 0 aliphatic heterocycles. The highest BCUT2D eigenvalue weighted by Gasteiger charge is 2.37. The van der Waals surface area contributed by atoms with E-state index in [-0.39, 0.29) is 11.3 Å². The zero-order chi connectivity index (χ0) is 12.6. The van der Waals surface area contributed by atoms with Gasteiger partial charge in [-0.3, -0.25) is 4.79 Å². The molecule has 1 fully saturated rings. The normalized spacial score (nSPS) is 18.4. The first-order valence-corrected chi connectivity index (χ1v) is 6.80. The van der Waals surface area contributed by atoms with Crippen LogP contribution in [-0.2, 0) is 0 Å². The Balaban J connectivity index is 2.40. The van der Waals surface area contributed by atoms with E-state index in [1.165, 1.54) is 12.1 Å². The Hall–Kier alpha value is -0.410. The second-order valence-electron chi connectivity index (χ2n) is 4.84. The van der Waals surface area contributed by atoms with Crippen LogP contribution >= 0.6 is 27.5 Å². The number of carbonyl (C=O) groups excluding carboxylic acids is 1. The largest absolute Gasteiger partial charge is 0.293 e. The van der Waals surface area contributed by atoms with E-state index in [0.29, 0.717) is 9.50 Å². The number of hydrogen-bond acceptors (Lipinski definition) is 1. The summed E-state index contributed by atoms with van der Waals surface area (Å²) in [6, 6.07) is 2.68. The van der Waals surface area contributed by atoms with E-state index in [0.717, 1.165) is 25.7 Å². The van der Waals surface area contributed by atoms with Gasteiger partial charge in [0.05, 0.1) is 10.6 Å². The minimum Gasteiger partial charge on any atom is -0.293 e. The summed E-state index contributed by atoms with van der Waals surface area (Å²) in [6.07, 6.45) is 3.74. The number of carbonyl (C=O) groups is 1. The number of halogens is 3. The van der Waals surface area contributed by atoms with Crippen molar-refractivity contribution in [3.8, 4) is 0 Å². The highest BCUT2D eigenvalue weighted by molar-refractivity contribution is 9.10. The fourth-order valence-corrected chi connectivity index (χ4v) is 2.88. The summed E-state index contributed by atoms with van der Waals surface area (Å²) in [5.74, 6) is -0.624. The smallest absolute Gasteiger partial charge is 0.171 e. The van der Waals surface area contributed by atoms with Crippen molar-refractivity contribution in [2.45, 2.75) is 32.6 Å². The Morgan fingerprint density at radius 3 is 2.59 bits per heavy atom. The Morgan fingerprint density at radius 2 is 2.00 bits per heavy atom. The number of Topliss-reactive ketones (excluding diaryl/α,β-unsaturated/α-hetero) is 1. The van der Waals surface area contributed by atoms with Crippen LogP contribution in [0.15, 0.2) is 16.6 Å². The van der Waals surface area contributed by atoms with E-state index < -0.39 is 11.2 Å². The molecule has 1 saturated carbocycles. The molecule has 0 radical (unpaired) electrons. The van der Waals surface area contributed by atoms with Crippen molar-refractivity contribution in [1.82, 2.24) is 0 Å². The maximum atomic E-state index is 13.8. The molecule has 0 heterocycles. The highest BCUT2D eigenvalue weighted by Crippen LogP contribution is 2.41. The first kappa shape index (κ1) is 13.0. The monoisotopic (exact) mass is 318 g/mol. The average Bonchev–Trinajstić information content (AvgIpc) is 2.71. The molecule has 2 rings (SSSR count). The first-order valence-electron chi connectivity index (χ1n) is 5.63. The molecular formula is C13H13BrClFO. The van der Waals surface area contributed by atoms with Crippen molar-refractivity contribution in [1.29, 1.82) is 0 Å². The van der Waals surface area contributed by atoms with E-state index in [1.54, 1.807) is 0 Å². The summed E-state index contributed by atoms with van der Waals surface area (Å²) >= 11 is 9.06. The zero-order valence-corrected chi connectivity index (χ0v) is 11.9. The maximum absolute atomic E-state index is 13.8. The van der Waals surface area contributed by atoms with Crippen molar-refractivity contribution < 1.29 is 9.18 Å². The molecule has 1 aromatic rings. The van der Waals surface area contributed by atoms with Gasteiger partial charge in [0.15, 0.2) is 5.78 Å². The number of rotatable bonds is 2. The fraction of sp³-hybridized carbons (Fsp3) is 0.462. The molecule has 0 unspecified atom stereocenters. The molecule has 0 N–H and O–H groups in total. The minimum absolute atomic E-state index is 0.114. The predicted octanol–water partition coefficient (Wildman–Crippen LogP) is 5.00. The molecule has 92 valence electrons. The van der Waals surface area contributed by atoms with Crippen molar-refractivity contribution in [2.75, 3.05) is 0 Å². The molecular weight excluding hydrogens is 306 g/mol. The van der Waals surface area contributed by atoms with E-state index in [9.17, 15) is 9.18 Å².